The summed E-state index contributed by atoms with van der Waals surface area (Å²) in [6.07, 6.45) is 2.42. The first kappa shape index (κ1) is 3.94. The summed E-state index contributed by atoms with van der Waals surface area (Å²) in [5, 5.41) is 8.70. The van der Waals surface area contributed by atoms with Crippen LogP contribution in [0.4, 0.5) is 0 Å². The molecule has 1 rings (SSSR count). The van der Waals surface area contributed by atoms with E-state index in [0.717, 1.165) is 12.8 Å². The molecule has 0 aromatic rings. The van der Waals surface area contributed by atoms with E-state index in [4.69, 9.17) is 9.22 Å². The van der Waals surface area contributed by atoms with Crippen LogP contribution in [0.1, 0.15) is 23.4 Å². The van der Waals surface area contributed by atoms with Crippen molar-refractivity contribution in [2.75, 3.05) is 20.1 Å². The van der Waals surface area contributed by atoms with Gasteiger partial charge in [0.2, 0.25) is 0 Å². The van der Waals surface area contributed by atoms with E-state index in [1.54, 1.807) is 0 Å². The van der Waals surface area contributed by atoms with E-state index >= 15 is 0 Å². The highest BCUT2D eigenvalue weighted by Gasteiger charge is 2.19. The average Bonchev–Trinajstić information content (AvgIpc) is 2.34. The molecule has 0 bridgehead atoms. The molecule has 1 saturated heterocycles. The van der Waals surface area contributed by atoms with Crippen molar-refractivity contribution in [2.45, 2.75) is 25.3 Å². The van der Waals surface area contributed by atoms with E-state index in [0.29, 0.717) is 13.0 Å². The molecule has 1 fully saturated rings. The highest BCUT2D eigenvalue weighted by atomic mass is 16.3. The lowest BCUT2D eigenvalue weighted by Crippen LogP contribution is -2.25. The molecule has 1 aliphatic rings. The molecule has 1 N–H and O–H groups in total. The van der Waals surface area contributed by atoms with Crippen molar-refractivity contribution < 1.29 is 9.22 Å². The van der Waals surface area contributed by atoms with Gasteiger partial charge in [0, 0.05) is 16.8 Å². The molecule has 1 aliphatic heterocycles. The number of aliphatic hydroxyl groups is 1. The first-order valence-electron chi connectivity index (χ1n) is 4.93. The van der Waals surface area contributed by atoms with E-state index in [9.17, 15) is 0 Å². The van der Waals surface area contributed by atoms with Gasteiger partial charge in [-0.1, -0.05) is 0 Å². The van der Waals surface area contributed by atoms with E-state index in [1.165, 1.54) is 4.90 Å². The fraction of sp³-hybridized carbons (Fsp3) is 1.00. The van der Waals surface area contributed by atoms with Crippen LogP contribution in [-0.2, 0) is 0 Å². The molecule has 0 aromatic heterocycles. The third kappa shape index (κ3) is 1.66. The number of nitrogens with zero attached hydrogens (tertiary/aromatic N) is 1. The molecule has 1 heterocycles. The lowest BCUT2D eigenvalue weighted by atomic mass is 10.2. The highest BCUT2D eigenvalue weighted by Crippen LogP contribution is 2.16. The lowest BCUT2D eigenvalue weighted by Gasteiger charge is -2.17. The summed E-state index contributed by atoms with van der Waals surface area (Å²) in [6.45, 7) is -1.26. The summed E-state index contributed by atoms with van der Waals surface area (Å²) in [7, 11) is 0. The van der Waals surface area contributed by atoms with Crippen molar-refractivity contribution >= 4 is 0 Å². The number of hydrogen-bond acceptors (Lipinski definition) is 2. The Hall–Kier alpha value is -0.0800. The molecule has 0 spiro atoms. The number of likely N-dealkylation sites (tertiary alicyclic amines) is 1. The second-order valence-corrected chi connectivity index (χ2v) is 2.50. The van der Waals surface area contributed by atoms with Gasteiger partial charge in [-0.3, -0.25) is 0 Å². The second kappa shape index (κ2) is 3.18. The molecule has 0 unspecified atom stereocenters. The zero-order valence-electron chi connectivity index (χ0n) is 8.51. The van der Waals surface area contributed by atoms with Crippen molar-refractivity contribution in [1.82, 2.24) is 4.90 Å². The molecule has 0 saturated carbocycles. The van der Waals surface area contributed by atoms with Crippen molar-refractivity contribution in [2.24, 2.45) is 0 Å². The standard InChI is InChI=1S/C7H15NO/c1-8-5-2-3-7(8)4-6-9/h7,9H,2-6H2,1H3/t7-/m1/s1/i1D3. The first-order chi connectivity index (χ1) is 5.55. The topological polar surface area (TPSA) is 23.5 Å². The Morgan fingerprint density at radius 2 is 2.78 bits per heavy atom. The minimum Gasteiger partial charge on any atom is -0.396 e. The third-order valence-electron chi connectivity index (χ3n) is 1.84. The van der Waals surface area contributed by atoms with Gasteiger partial charge in [0.25, 0.3) is 0 Å². The van der Waals surface area contributed by atoms with Crippen LogP contribution in [0.2, 0.25) is 0 Å². The van der Waals surface area contributed by atoms with Gasteiger partial charge in [0.15, 0.2) is 0 Å². The number of rotatable bonds is 2. The Bertz CT molecular complexity index is 148. The van der Waals surface area contributed by atoms with Crippen LogP contribution in [0.3, 0.4) is 0 Å². The van der Waals surface area contributed by atoms with E-state index in [1.807, 2.05) is 0 Å². The smallest absolute Gasteiger partial charge is 0.0445 e. The summed E-state index contributed by atoms with van der Waals surface area (Å²) in [5.41, 5.74) is 0. The summed E-state index contributed by atoms with van der Waals surface area (Å²) in [5.74, 6) is 0. The van der Waals surface area contributed by atoms with Gasteiger partial charge in [0.1, 0.15) is 0 Å². The molecule has 2 heteroatoms. The van der Waals surface area contributed by atoms with E-state index in [-0.39, 0.29) is 12.6 Å². The van der Waals surface area contributed by atoms with E-state index < -0.39 is 6.98 Å². The quantitative estimate of drug-likeness (QED) is 0.590. The van der Waals surface area contributed by atoms with Crippen molar-refractivity contribution in [1.29, 1.82) is 0 Å². The summed E-state index contributed by atoms with van der Waals surface area (Å²) in [4.78, 5) is 1.52. The zero-order valence-corrected chi connectivity index (χ0v) is 5.51. The zero-order chi connectivity index (χ0) is 9.19. The number of aliphatic hydroxyl groups excluding tert-OH is 1. The average molecular weight is 132 g/mol. The molecule has 2 nitrogen and oxygen atoms in total. The van der Waals surface area contributed by atoms with E-state index in [2.05, 4.69) is 0 Å². The minimum atomic E-state index is -1.98. The maximum atomic E-state index is 8.70. The lowest BCUT2D eigenvalue weighted by molar-refractivity contribution is 0.220. The van der Waals surface area contributed by atoms with Crippen molar-refractivity contribution in [3.63, 3.8) is 0 Å². The molecule has 54 valence electrons. The fourth-order valence-electron chi connectivity index (χ4n) is 1.28. The largest absolute Gasteiger partial charge is 0.396 e. The number of hydrogen-bond donors (Lipinski definition) is 1. The Morgan fingerprint density at radius 3 is 3.44 bits per heavy atom. The Kier molecular flexibility index (Phi) is 1.39. The van der Waals surface area contributed by atoms with Crippen molar-refractivity contribution in [3.05, 3.63) is 0 Å². The predicted molar refractivity (Wildman–Crippen MR) is 37.4 cm³/mol. The fourth-order valence-corrected chi connectivity index (χ4v) is 1.28. The molecular formula is C7H15NO. The van der Waals surface area contributed by atoms with Gasteiger partial charge in [0.05, 0.1) is 0 Å². The van der Waals surface area contributed by atoms with Gasteiger partial charge < -0.3 is 10.0 Å². The van der Waals surface area contributed by atoms with Gasteiger partial charge in [-0.05, 0) is 32.8 Å². The summed E-state index contributed by atoms with van der Waals surface area (Å²) >= 11 is 0. The minimum absolute atomic E-state index is 0.0579. The van der Waals surface area contributed by atoms with Gasteiger partial charge in [-0.15, -0.1) is 0 Å². The van der Waals surface area contributed by atoms with Crippen LogP contribution in [-0.4, -0.2) is 36.2 Å². The van der Waals surface area contributed by atoms with Crippen molar-refractivity contribution in [3.8, 4) is 0 Å². The summed E-state index contributed by atoms with van der Waals surface area (Å²) < 4.78 is 21.6. The van der Waals surface area contributed by atoms with Crippen LogP contribution < -0.4 is 0 Å². The Balaban J connectivity index is 2.52. The second-order valence-electron chi connectivity index (χ2n) is 2.50. The summed E-state index contributed by atoms with van der Waals surface area (Å²) in [6, 6.07) is 0.0579. The molecule has 1 atom stereocenters. The normalized spacial score (nSPS) is 35.7. The monoisotopic (exact) mass is 132 g/mol. The van der Waals surface area contributed by atoms with Gasteiger partial charge in [-0.2, -0.15) is 0 Å². The molecule has 0 aliphatic carbocycles. The Morgan fingerprint density at radius 1 is 1.89 bits per heavy atom. The van der Waals surface area contributed by atoms with Crippen LogP contribution >= 0.6 is 0 Å². The molecule has 0 aromatic carbocycles. The SMILES string of the molecule is [2H]C([2H])([2H])N1CCC[C@@H]1CCO. The molecular weight excluding hydrogens is 114 g/mol. The highest BCUT2D eigenvalue weighted by molar-refractivity contribution is 4.75. The van der Waals surface area contributed by atoms with Crippen LogP contribution in [0.5, 0.6) is 0 Å². The van der Waals surface area contributed by atoms with Gasteiger partial charge >= 0.3 is 0 Å². The van der Waals surface area contributed by atoms with Gasteiger partial charge in [-0.25, -0.2) is 0 Å². The molecule has 0 amide bonds. The maximum Gasteiger partial charge on any atom is 0.0445 e. The first-order valence-corrected chi connectivity index (χ1v) is 3.43. The Labute approximate surface area is 60.7 Å². The van der Waals surface area contributed by atoms with Crippen LogP contribution in [0.25, 0.3) is 0 Å². The maximum absolute atomic E-state index is 8.70. The third-order valence-corrected chi connectivity index (χ3v) is 1.84. The predicted octanol–water partition coefficient (Wildman–Crippen LogP) is 0.463. The van der Waals surface area contributed by atoms with Crippen LogP contribution in [0, 0.1) is 0 Å². The molecule has 9 heavy (non-hydrogen) atoms. The molecule has 0 radical (unpaired) electrons. The van der Waals surface area contributed by atoms with Crippen LogP contribution in [0.15, 0.2) is 0 Å².